The molecule has 0 aliphatic rings. The van der Waals surface area contributed by atoms with Crippen molar-refractivity contribution in [2.24, 2.45) is 5.73 Å². The fourth-order valence-electron chi connectivity index (χ4n) is 3.63. The fraction of sp³-hybridized carbons (Fsp3) is 0.0833. The van der Waals surface area contributed by atoms with E-state index < -0.39 is 23.7 Å². The zero-order valence-electron chi connectivity index (χ0n) is 15.6. The SMILES string of the molecule is NC(=O)[C@@H](Cc1c2ccccc2cc2ccccc12)NC(=O)c1cccc(F)c1. The second kappa shape index (κ2) is 7.72. The van der Waals surface area contributed by atoms with Crippen molar-refractivity contribution in [2.45, 2.75) is 12.5 Å². The van der Waals surface area contributed by atoms with Crippen molar-refractivity contribution < 1.29 is 14.0 Å². The number of halogens is 1. The van der Waals surface area contributed by atoms with E-state index in [1.165, 1.54) is 18.2 Å². The van der Waals surface area contributed by atoms with Gasteiger partial charge in [-0.2, -0.15) is 0 Å². The summed E-state index contributed by atoms with van der Waals surface area (Å²) < 4.78 is 13.4. The zero-order valence-corrected chi connectivity index (χ0v) is 15.6. The van der Waals surface area contributed by atoms with Crippen LogP contribution in [0.2, 0.25) is 0 Å². The number of fused-ring (bicyclic) bond motifs is 2. The van der Waals surface area contributed by atoms with Crippen molar-refractivity contribution in [3.05, 3.63) is 95.8 Å². The number of benzene rings is 4. The molecule has 5 heteroatoms. The van der Waals surface area contributed by atoms with Gasteiger partial charge in [0.1, 0.15) is 11.9 Å². The number of nitrogens with one attached hydrogen (secondary N) is 1. The molecule has 0 aromatic heterocycles. The Balaban J connectivity index is 1.74. The van der Waals surface area contributed by atoms with E-state index in [1.54, 1.807) is 0 Å². The maximum Gasteiger partial charge on any atom is 0.252 e. The van der Waals surface area contributed by atoms with Crippen LogP contribution in [-0.2, 0) is 11.2 Å². The van der Waals surface area contributed by atoms with Crippen LogP contribution in [-0.4, -0.2) is 17.9 Å². The minimum atomic E-state index is -0.931. The Bertz CT molecular complexity index is 1180. The standard InChI is InChI=1S/C24H19FN2O2/c25-18-9-5-8-17(13-18)24(29)27-22(23(26)28)14-21-19-10-3-1-6-15(19)12-16-7-2-4-11-20(16)21/h1-13,22H,14H2,(H2,26,28)(H,27,29)/t22-/m1/s1. The van der Waals surface area contributed by atoms with Crippen molar-refractivity contribution in [3.8, 4) is 0 Å². The topological polar surface area (TPSA) is 72.2 Å². The van der Waals surface area contributed by atoms with Crippen LogP contribution in [0.25, 0.3) is 21.5 Å². The molecule has 0 unspecified atom stereocenters. The Labute approximate surface area is 167 Å². The summed E-state index contributed by atoms with van der Waals surface area (Å²) >= 11 is 0. The molecule has 0 heterocycles. The number of carbonyl (C=O) groups is 2. The monoisotopic (exact) mass is 386 g/mol. The first-order valence-corrected chi connectivity index (χ1v) is 9.28. The van der Waals surface area contributed by atoms with Crippen LogP contribution in [0.1, 0.15) is 15.9 Å². The van der Waals surface area contributed by atoms with Crippen LogP contribution in [0.4, 0.5) is 4.39 Å². The summed E-state index contributed by atoms with van der Waals surface area (Å²) in [4.78, 5) is 24.7. The summed E-state index contributed by atoms with van der Waals surface area (Å²) in [5.41, 5.74) is 6.67. The smallest absolute Gasteiger partial charge is 0.252 e. The van der Waals surface area contributed by atoms with Gasteiger partial charge < -0.3 is 11.1 Å². The molecule has 0 bridgehead atoms. The van der Waals surface area contributed by atoms with Crippen LogP contribution in [0, 0.1) is 5.82 Å². The number of amides is 2. The average molecular weight is 386 g/mol. The minimum Gasteiger partial charge on any atom is -0.368 e. The molecule has 0 spiro atoms. The Kier molecular flexibility index (Phi) is 4.96. The number of primary amides is 1. The van der Waals surface area contributed by atoms with E-state index in [1.807, 2.05) is 48.5 Å². The Hall–Kier alpha value is -3.73. The molecule has 0 aliphatic carbocycles. The van der Waals surface area contributed by atoms with Crippen molar-refractivity contribution in [3.63, 3.8) is 0 Å². The summed E-state index contributed by atoms with van der Waals surface area (Å²) in [6, 6.07) is 22.3. The van der Waals surface area contributed by atoms with E-state index >= 15 is 0 Å². The maximum atomic E-state index is 13.4. The summed E-state index contributed by atoms with van der Waals surface area (Å²) in [6.45, 7) is 0. The van der Waals surface area contributed by atoms with Gasteiger partial charge >= 0.3 is 0 Å². The fourth-order valence-corrected chi connectivity index (χ4v) is 3.63. The second-order valence-corrected chi connectivity index (χ2v) is 6.94. The van der Waals surface area contributed by atoms with Crippen LogP contribution in [0.5, 0.6) is 0 Å². The highest BCUT2D eigenvalue weighted by atomic mass is 19.1. The van der Waals surface area contributed by atoms with Crippen LogP contribution in [0.3, 0.4) is 0 Å². The van der Waals surface area contributed by atoms with E-state index in [-0.39, 0.29) is 12.0 Å². The molecule has 144 valence electrons. The zero-order chi connectivity index (χ0) is 20.4. The van der Waals surface area contributed by atoms with E-state index in [2.05, 4.69) is 11.4 Å². The lowest BCUT2D eigenvalue weighted by atomic mass is 9.92. The van der Waals surface area contributed by atoms with Gasteiger partial charge in [-0.05, 0) is 51.4 Å². The molecule has 1 atom stereocenters. The van der Waals surface area contributed by atoms with E-state index in [0.717, 1.165) is 33.2 Å². The number of carbonyl (C=O) groups excluding carboxylic acids is 2. The molecule has 4 aromatic rings. The first kappa shape index (κ1) is 18.6. The molecule has 0 fully saturated rings. The minimum absolute atomic E-state index is 0.138. The summed E-state index contributed by atoms with van der Waals surface area (Å²) in [6.07, 6.45) is 0.234. The molecule has 3 N–H and O–H groups in total. The molecule has 0 radical (unpaired) electrons. The van der Waals surface area contributed by atoms with E-state index in [4.69, 9.17) is 5.73 Å². The molecular formula is C24H19FN2O2. The highest BCUT2D eigenvalue weighted by Gasteiger charge is 2.22. The predicted octanol–water partition coefficient (Wildman–Crippen LogP) is 3.96. The highest BCUT2D eigenvalue weighted by Crippen LogP contribution is 2.29. The van der Waals surface area contributed by atoms with Crippen molar-refractivity contribution in [1.82, 2.24) is 5.32 Å². The summed E-state index contributed by atoms with van der Waals surface area (Å²) in [5, 5.41) is 6.74. The Morgan fingerprint density at radius 3 is 2.07 bits per heavy atom. The van der Waals surface area contributed by atoms with Crippen molar-refractivity contribution >= 4 is 33.4 Å². The molecule has 0 saturated heterocycles. The van der Waals surface area contributed by atoms with Crippen LogP contribution in [0.15, 0.2) is 78.9 Å². The average Bonchev–Trinajstić information content (AvgIpc) is 2.72. The predicted molar refractivity (Wildman–Crippen MR) is 112 cm³/mol. The molecule has 2 amide bonds. The normalized spacial score (nSPS) is 12.0. The number of rotatable bonds is 5. The molecular weight excluding hydrogens is 367 g/mol. The van der Waals surface area contributed by atoms with E-state index in [9.17, 15) is 14.0 Å². The van der Waals surface area contributed by atoms with Gasteiger partial charge in [-0.3, -0.25) is 9.59 Å². The molecule has 29 heavy (non-hydrogen) atoms. The quantitative estimate of drug-likeness (QED) is 0.510. The molecule has 0 aliphatic heterocycles. The van der Waals surface area contributed by atoms with Gasteiger partial charge in [-0.15, -0.1) is 0 Å². The van der Waals surface area contributed by atoms with Gasteiger partial charge in [0.2, 0.25) is 5.91 Å². The van der Waals surface area contributed by atoms with Crippen LogP contribution < -0.4 is 11.1 Å². The first-order valence-electron chi connectivity index (χ1n) is 9.28. The van der Waals surface area contributed by atoms with Gasteiger partial charge in [0.05, 0.1) is 0 Å². The van der Waals surface area contributed by atoms with Gasteiger partial charge in [-0.1, -0.05) is 54.6 Å². The number of nitrogens with two attached hydrogens (primary N) is 1. The Morgan fingerprint density at radius 2 is 1.48 bits per heavy atom. The van der Waals surface area contributed by atoms with Gasteiger partial charge in [0.25, 0.3) is 5.91 Å². The van der Waals surface area contributed by atoms with Gasteiger partial charge in [0, 0.05) is 12.0 Å². The third-order valence-electron chi connectivity index (χ3n) is 5.03. The number of hydrogen-bond acceptors (Lipinski definition) is 2. The lowest BCUT2D eigenvalue weighted by Gasteiger charge is -2.19. The maximum absolute atomic E-state index is 13.4. The van der Waals surface area contributed by atoms with Crippen LogP contribution >= 0.6 is 0 Å². The number of hydrogen-bond donors (Lipinski definition) is 2. The lowest BCUT2D eigenvalue weighted by molar-refractivity contribution is -0.119. The highest BCUT2D eigenvalue weighted by molar-refractivity contribution is 6.03. The molecule has 4 aromatic carbocycles. The largest absolute Gasteiger partial charge is 0.368 e. The summed E-state index contributed by atoms with van der Waals surface area (Å²) in [7, 11) is 0. The molecule has 4 nitrogen and oxygen atoms in total. The van der Waals surface area contributed by atoms with Crippen molar-refractivity contribution in [1.29, 1.82) is 0 Å². The third kappa shape index (κ3) is 3.80. The van der Waals surface area contributed by atoms with Gasteiger partial charge in [-0.25, -0.2) is 4.39 Å². The molecule has 4 rings (SSSR count). The lowest BCUT2D eigenvalue weighted by Crippen LogP contribution is -2.45. The Morgan fingerprint density at radius 1 is 0.862 bits per heavy atom. The van der Waals surface area contributed by atoms with E-state index in [0.29, 0.717) is 0 Å². The second-order valence-electron chi connectivity index (χ2n) is 6.94. The summed E-state index contributed by atoms with van der Waals surface area (Å²) in [5.74, 6) is -1.71. The van der Waals surface area contributed by atoms with Gasteiger partial charge in [0.15, 0.2) is 0 Å². The van der Waals surface area contributed by atoms with Crippen molar-refractivity contribution in [2.75, 3.05) is 0 Å². The third-order valence-corrected chi connectivity index (χ3v) is 5.03. The first-order chi connectivity index (χ1) is 14.0. The molecule has 0 saturated carbocycles.